The molecule has 2 aromatic carbocycles. The lowest BCUT2D eigenvalue weighted by Gasteiger charge is -2.29. The average Bonchev–Trinajstić information content (AvgIpc) is 3.17. The Bertz CT molecular complexity index is 980. The molecule has 0 aromatic heterocycles. The van der Waals surface area contributed by atoms with E-state index < -0.39 is 12.2 Å². The first kappa shape index (κ1) is 21.9. The van der Waals surface area contributed by atoms with Gasteiger partial charge in [-0.25, -0.2) is 9.18 Å². The molecule has 9 heteroatoms. The first-order chi connectivity index (χ1) is 15.5. The van der Waals surface area contributed by atoms with Gasteiger partial charge in [0.05, 0.1) is 37.7 Å². The van der Waals surface area contributed by atoms with Gasteiger partial charge in [0.25, 0.3) is 0 Å². The van der Waals surface area contributed by atoms with Crippen molar-refractivity contribution in [3.8, 4) is 0 Å². The lowest BCUT2D eigenvalue weighted by atomic mass is 10.1. The predicted molar refractivity (Wildman–Crippen MR) is 119 cm³/mol. The van der Waals surface area contributed by atoms with E-state index in [0.717, 1.165) is 11.3 Å². The number of hydrogen-bond donors (Lipinski definition) is 2. The summed E-state index contributed by atoms with van der Waals surface area (Å²) in [6.07, 6.45) is -0.105. The molecule has 2 saturated heterocycles. The smallest absolute Gasteiger partial charge is 0.414 e. The molecule has 2 fully saturated rings. The van der Waals surface area contributed by atoms with E-state index >= 15 is 0 Å². The molecule has 0 bridgehead atoms. The minimum absolute atomic E-state index is 0.261. The molecule has 2 amide bonds. The van der Waals surface area contributed by atoms with Gasteiger partial charge in [0.2, 0.25) is 5.91 Å². The number of nitrogens with zero attached hydrogens (tertiary/aromatic N) is 2. The van der Waals surface area contributed by atoms with E-state index in [-0.39, 0.29) is 18.1 Å². The summed E-state index contributed by atoms with van der Waals surface area (Å²) in [6, 6.07) is 12.4. The maximum Gasteiger partial charge on any atom is 0.414 e. The van der Waals surface area contributed by atoms with E-state index in [1.807, 2.05) is 29.2 Å². The third kappa shape index (κ3) is 5.11. The molecule has 8 nitrogen and oxygen atoms in total. The molecule has 2 aliphatic heterocycles. The van der Waals surface area contributed by atoms with Crippen LogP contribution in [0.5, 0.6) is 0 Å². The first-order valence-corrected chi connectivity index (χ1v) is 10.7. The molecule has 0 saturated carbocycles. The number of morpholine rings is 1. The Labute approximate surface area is 186 Å². The monoisotopic (exact) mass is 442 g/mol. The number of cyclic esters (lactones) is 1. The Morgan fingerprint density at radius 2 is 1.97 bits per heavy atom. The van der Waals surface area contributed by atoms with Crippen molar-refractivity contribution in [3.63, 3.8) is 0 Å². The number of ether oxygens (including phenoxy) is 2. The number of benzene rings is 2. The van der Waals surface area contributed by atoms with Crippen molar-refractivity contribution in [1.29, 1.82) is 0 Å². The van der Waals surface area contributed by atoms with Gasteiger partial charge in [0.15, 0.2) is 0 Å². The number of hydrogen-bond acceptors (Lipinski definition) is 6. The van der Waals surface area contributed by atoms with Crippen LogP contribution in [-0.2, 0) is 20.7 Å². The number of halogens is 1. The summed E-state index contributed by atoms with van der Waals surface area (Å²) in [6.45, 7) is 3.11. The van der Waals surface area contributed by atoms with E-state index in [9.17, 15) is 14.0 Å². The van der Waals surface area contributed by atoms with Crippen LogP contribution in [0.1, 0.15) is 12.0 Å². The summed E-state index contributed by atoms with van der Waals surface area (Å²) in [5.41, 5.74) is 8.06. The molecule has 170 valence electrons. The Hall–Kier alpha value is -3.33. The number of carbonyl (C=O) groups excluding carboxylic acids is 2. The number of amides is 2. The van der Waals surface area contributed by atoms with Gasteiger partial charge < -0.3 is 25.4 Å². The second kappa shape index (κ2) is 9.86. The van der Waals surface area contributed by atoms with E-state index in [4.69, 9.17) is 15.2 Å². The van der Waals surface area contributed by atoms with Gasteiger partial charge in [0.1, 0.15) is 11.9 Å². The fourth-order valence-electron chi connectivity index (χ4n) is 3.96. The molecular weight excluding hydrogens is 415 g/mol. The first-order valence-electron chi connectivity index (χ1n) is 10.7. The van der Waals surface area contributed by atoms with Crippen LogP contribution in [0.2, 0.25) is 0 Å². The Balaban J connectivity index is 1.38. The molecule has 2 heterocycles. The highest BCUT2D eigenvalue weighted by Gasteiger charge is 2.33. The van der Waals surface area contributed by atoms with Crippen molar-refractivity contribution >= 4 is 29.1 Å². The van der Waals surface area contributed by atoms with Crippen LogP contribution in [0.3, 0.4) is 0 Å². The van der Waals surface area contributed by atoms with E-state index in [0.29, 0.717) is 57.2 Å². The minimum Gasteiger partial charge on any atom is -0.442 e. The van der Waals surface area contributed by atoms with Crippen molar-refractivity contribution in [2.45, 2.75) is 18.9 Å². The molecule has 0 aliphatic carbocycles. The number of nitrogens with two attached hydrogens (primary N) is 1. The van der Waals surface area contributed by atoms with E-state index in [1.165, 1.54) is 11.0 Å². The van der Waals surface area contributed by atoms with Crippen molar-refractivity contribution in [1.82, 2.24) is 0 Å². The van der Waals surface area contributed by atoms with Crippen LogP contribution in [0.15, 0.2) is 42.5 Å². The highest BCUT2D eigenvalue weighted by molar-refractivity contribution is 5.90. The lowest BCUT2D eigenvalue weighted by Crippen LogP contribution is -2.36. The molecule has 4 rings (SSSR count). The minimum atomic E-state index is -0.502. The van der Waals surface area contributed by atoms with Crippen LogP contribution < -0.4 is 20.9 Å². The molecule has 32 heavy (non-hydrogen) atoms. The van der Waals surface area contributed by atoms with Gasteiger partial charge >= 0.3 is 6.09 Å². The van der Waals surface area contributed by atoms with Crippen molar-refractivity contribution < 1.29 is 23.5 Å². The van der Waals surface area contributed by atoms with Gasteiger partial charge in [-0.2, -0.15) is 0 Å². The van der Waals surface area contributed by atoms with Crippen LogP contribution in [0.25, 0.3) is 0 Å². The SMILES string of the molecule is NC(=O)CCc1ccccc1NC[C@H]1CN(c2ccc(N3CCOCC3)c(F)c2)C(=O)O1. The van der Waals surface area contributed by atoms with Gasteiger partial charge in [-0.15, -0.1) is 0 Å². The van der Waals surface area contributed by atoms with Crippen LogP contribution in [-0.4, -0.2) is 57.5 Å². The van der Waals surface area contributed by atoms with Gasteiger partial charge in [-0.1, -0.05) is 18.2 Å². The van der Waals surface area contributed by atoms with Crippen LogP contribution >= 0.6 is 0 Å². The third-order valence-corrected chi connectivity index (χ3v) is 5.65. The topological polar surface area (TPSA) is 97.1 Å². The summed E-state index contributed by atoms with van der Waals surface area (Å²) in [5, 5.41) is 3.29. The fourth-order valence-corrected chi connectivity index (χ4v) is 3.96. The zero-order valence-corrected chi connectivity index (χ0v) is 17.8. The number of rotatable bonds is 8. The summed E-state index contributed by atoms with van der Waals surface area (Å²) < 4.78 is 25.5. The molecule has 2 aromatic rings. The van der Waals surface area contributed by atoms with Gasteiger partial charge in [0, 0.05) is 25.2 Å². The number of anilines is 3. The van der Waals surface area contributed by atoms with Crippen LogP contribution in [0, 0.1) is 5.82 Å². The second-order valence-corrected chi connectivity index (χ2v) is 7.86. The Morgan fingerprint density at radius 3 is 2.72 bits per heavy atom. The fraction of sp³-hybridized carbons (Fsp3) is 0.391. The van der Waals surface area contributed by atoms with Crippen molar-refractivity contribution in [2.75, 3.05) is 54.5 Å². The molecule has 1 atom stereocenters. The molecule has 0 radical (unpaired) electrons. The summed E-state index contributed by atoms with van der Waals surface area (Å²) in [7, 11) is 0. The number of primary amides is 1. The predicted octanol–water partition coefficient (Wildman–Crippen LogP) is 2.52. The summed E-state index contributed by atoms with van der Waals surface area (Å²) in [4.78, 5) is 26.9. The Kier molecular flexibility index (Phi) is 6.75. The largest absolute Gasteiger partial charge is 0.442 e. The third-order valence-electron chi connectivity index (χ3n) is 5.65. The molecular formula is C23H27FN4O4. The second-order valence-electron chi connectivity index (χ2n) is 7.86. The standard InChI is InChI=1S/C23H27FN4O4/c24-19-13-17(6-7-21(19)27-9-11-31-12-10-27)28-15-18(32-23(28)30)14-26-20-4-2-1-3-16(20)5-8-22(25)29/h1-4,6-7,13,18,26H,5,8-12,14-15H2,(H2,25,29)/t18-/m0/s1. The highest BCUT2D eigenvalue weighted by Crippen LogP contribution is 2.28. The molecule has 0 spiro atoms. The van der Waals surface area contributed by atoms with Gasteiger partial charge in [-0.05, 0) is 36.2 Å². The lowest BCUT2D eigenvalue weighted by molar-refractivity contribution is -0.117. The zero-order chi connectivity index (χ0) is 22.5. The van der Waals surface area contributed by atoms with Crippen molar-refractivity contribution in [3.05, 3.63) is 53.8 Å². The summed E-state index contributed by atoms with van der Waals surface area (Å²) >= 11 is 0. The van der Waals surface area contributed by atoms with Gasteiger partial charge in [-0.3, -0.25) is 9.69 Å². The number of aryl methyl sites for hydroxylation is 1. The van der Waals surface area contributed by atoms with Crippen LogP contribution in [0.4, 0.5) is 26.2 Å². The highest BCUT2D eigenvalue weighted by atomic mass is 19.1. The molecule has 3 N–H and O–H groups in total. The Morgan fingerprint density at radius 1 is 1.19 bits per heavy atom. The number of carbonyl (C=O) groups is 2. The zero-order valence-electron chi connectivity index (χ0n) is 17.8. The van der Waals surface area contributed by atoms with E-state index in [1.54, 1.807) is 12.1 Å². The number of nitrogens with one attached hydrogen (secondary N) is 1. The summed E-state index contributed by atoms with van der Waals surface area (Å²) in [5.74, 6) is -0.728. The van der Waals surface area contributed by atoms with E-state index in [2.05, 4.69) is 5.32 Å². The van der Waals surface area contributed by atoms with Crippen molar-refractivity contribution in [2.24, 2.45) is 5.73 Å². The molecule has 0 unspecified atom stereocenters. The number of para-hydroxylation sites is 1. The molecule has 2 aliphatic rings. The normalized spacial score (nSPS) is 18.5. The maximum absolute atomic E-state index is 14.7. The average molecular weight is 442 g/mol. The quantitative estimate of drug-likeness (QED) is 0.652. The maximum atomic E-state index is 14.7.